The van der Waals surface area contributed by atoms with Gasteiger partial charge >= 0.3 is 0 Å². The Morgan fingerprint density at radius 3 is 2.53 bits per heavy atom. The zero-order valence-electron chi connectivity index (χ0n) is 11.7. The van der Waals surface area contributed by atoms with Gasteiger partial charge in [0.25, 0.3) is 0 Å². The average Bonchev–Trinajstić information content (AvgIpc) is 2.58. The molecule has 0 aromatic carbocycles. The maximum atomic E-state index is 5.99. The summed E-state index contributed by atoms with van der Waals surface area (Å²) in [6, 6.07) is 1.18. The molecule has 98 valence electrons. The summed E-state index contributed by atoms with van der Waals surface area (Å²) >= 11 is 0. The van der Waals surface area contributed by atoms with Crippen LogP contribution in [-0.2, 0) is 17.0 Å². The standard InChI is InChI=1S/C12H25N3OSi/c1-12(2,13)11-8-14-15(9-11)10-16-6-7-17(3,4)5/h8-9H,6-7,10,13H2,1-5H3. The summed E-state index contributed by atoms with van der Waals surface area (Å²) in [4.78, 5) is 0. The Morgan fingerprint density at radius 1 is 1.41 bits per heavy atom. The van der Waals surface area contributed by atoms with Crippen LogP contribution in [0.5, 0.6) is 0 Å². The van der Waals surface area contributed by atoms with Crippen LogP contribution in [0.2, 0.25) is 25.7 Å². The van der Waals surface area contributed by atoms with Crippen LogP contribution in [0.3, 0.4) is 0 Å². The Kier molecular flexibility index (Phi) is 4.52. The molecule has 0 amide bonds. The molecule has 0 radical (unpaired) electrons. The molecule has 4 nitrogen and oxygen atoms in total. The Morgan fingerprint density at radius 2 is 2.06 bits per heavy atom. The number of rotatable bonds is 6. The lowest BCUT2D eigenvalue weighted by Crippen LogP contribution is -2.28. The van der Waals surface area contributed by atoms with Gasteiger partial charge in [0.1, 0.15) is 6.73 Å². The second-order valence-corrected chi connectivity index (χ2v) is 12.0. The number of hydrogen-bond acceptors (Lipinski definition) is 3. The molecule has 0 saturated carbocycles. The van der Waals surface area contributed by atoms with Crippen LogP contribution in [0, 0.1) is 0 Å². The van der Waals surface area contributed by atoms with Crippen LogP contribution in [0.15, 0.2) is 12.4 Å². The summed E-state index contributed by atoms with van der Waals surface area (Å²) in [5.41, 5.74) is 6.69. The summed E-state index contributed by atoms with van der Waals surface area (Å²) < 4.78 is 7.42. The summed E-state index contributed by atoms with van der Waals surface area (Å²) in [6.07, 6.45) is 3.76. The zero-order chi connectivity index (χ0) is 13.1. The van der Waals surface area contributed by atoms with Gasteiger partial charge in [-0.3, -0.25) is 0 Å². The third kappa shape index (κ3) is 5.47. The van der Waals surface area contributed by atoms with Gasteiger partial charge in [-0.2, -0.15) is 5.10 Å². The number of nitrogens with zero attached hydrogens (tertiary/aromatic N) is 2. The molecule has 0 unspecified atom stereocenters. The van der Waals surface area contributed by atoms with Crippen LogP contribution in [0.1, 0.15) is 19.4 Å². The van der Waals surface area contributed by atoms with Gasteiger partial charge in [-0.15, -0.1) is 0 Å². The molecule has 0 aliphatic rings. The van der Waals surface area contributed by atoms with Crippen molar-refractivity contribution >= 4 is 8.07 Å². The molecule has 17 heavy (non-hydrogen) atoms. The normalized spacial score (nSPS) is 13.1. The molecule has 0 fully saturated rings. The van der Waals surface area contributed by atoms with E-state index in [4.69, 9.17) is 10.5 Å². The van der Waals surface area contributed by atoms with Crippen molar-refractivity contribution in [1.29, 1.82) is 0 Å². The molecule has 1 heterocycles. The minimum atomic E-state index is -0.995. The predicted octanol–water partition coefficient (Wildman–Crippen LogP) is 2.39. The predicted molar refractivity (Wildman–Crippen MR) is 73.5 cm³/mol. The number of nitrogens with two attached hydrogens (primary N) is 1. The lowest BCUT2D eigenvalue weighted by atomic mass is 10.00. The molecule has 0 atom stereocenters. The van der Waals surface area contributed by atoms with Crippen molar-refractivity contribution in [2.24, 2.45) is 5.73 Å². The van der Waals surface area contributed by atoms with Gasteiger partial charge in [0.15, 0.2) is 0 Å². The lowest BCUT2D eigenvalue weighted by molar-refractivity contribution is 0.0785. The third-order valence-electron chi connectivity index (χ3n) is 2.60. The Hall–Kier alpha value is -0.653. The Labute approximate surface area is 105 Å². The average molecular weight is 255 g/mol. The third-order valence-corrected chi connectivity index (χ3v) is 4.30. The molecular weight excluding hydrogens is 230 g/mol. The molecule has 0 spiro atoms. The first-order valence-corrected chi connectivity index (χ1v) is 9.79. The monoisotopic (exact) mass is 255 g/mol. The van der Waals surface area contributed by atoms with Gasteiger partial charge in [-0.25, -0.2) is 4.68 Å². The second kappa shape index (κ2) is 5.33. The highest BCUT2D eigenvalue weighted by Gasteiger charge is 2.16. The molecular formula is C12H25N3OSi. The van der Waals surface area contributed by atoms with Gasteiger partial charge < -0.3 is 10.5 Å². The van der Waals surface area contributed by atoms with Crippen molar-refractivity contribution in [2.45, 2.75) is 51.8 Å². The molecule has 1 rings (SSSR count). The summed E-state index contributed by atoms with van der Waals surface area (Å²) in [6.45, 7) is 12.3. The van der Waals surface area contributed by atoms with Crippen LogP contribution in [-0.4, -0.2) is 24.5 Å². The van der Waals surface area contributed by atoms with Gasteiger partial charge in [0.2, 0.25) is 0 Å². The minimum absolute atomic E-state index is 0.337. The van der Waals surface area contributed by atoms with Crippen LogP contribution in [0.4, 0.5) is 0 Å². The first kappa shape index (κ1) is 14.4. The Balaban J connectivity index is 2.36. The van der Waals surface area contributed by atoms with E-state index in [0.717, 1.165) is 12.2 Å². The number of hydrogen-bond donors (Lipinski definition) is 1. The fourth-order valence-electron chi connectivity index (χ4n) is 1.30. The fraction of sp³-hybridized carbons (Fsp3) is 0.750. The Bertz CT molecular complexity index is 349. The highest BCUT2D eigenvalue weighted by molar-refractivity contribution is 6.76. The molecule has 0 aliphatic carbocycles. The van der Waals surface area contributed by atoms with E-state index in [1.54, 1.807) is 4.68 Å². The molecule has 0 saturated heterocycles. The van der Waals surface area contributed by atoms with E-state index in [1.165, 1.54) is 6.04 Å². The second-order valence-electron chi connectivity index (χ2n) is 6.34. The summed E-state index contributed by atoms with van der Waals surface area (Å²) in [5.74, 6) is 0. The van der Waals surface area contributed by atoms with Crippen LogP contribution in [0.25, 0.3) is 0 Å². The molecule has 1 aromatic rings. The minimum Gasteiger partial charge on any atom is -0.360 e. The van der Waals surface area contributed by atoms with E-state index in [-0.39, 0.29) is 5.54 Å². The topological polar surface area (TPSA) is 53.1 Å². The van der Waals surface area contributed by atoms with Gasteiger partial charge in [0, 0.05) is 32.0 Å². The van der Waals surface area contributed by atoms with E-state index in [0.29, 0.717) is 6.73 Å². The van der Waals surface area contributed by atoms with E-state index in [2.05, 4.69) is 24.7 Å². The zero-order valence-corrected chi connectivity index (χ0v) is 12.7. The van der Waals surface area contributed by atoms with E-state index in [1.807, 2.05) is 26.2 Å². The van der Waals surface area contributed by atoms with Crippen LogP contribution >= 0.6 is 0 Å². The highest BCUT2D eigenvalue weighted by Crippen LogP contribution is 2.15. The SMILES string of the molecule is CC(C)(N)c1cnn(COCC[Si](C)(C)C)c1. The smallest absolute Gasteiger partial charge is 0.139 e. The van der Waals surface area contributed by atoms with Crippen molar-refractivity contribution in [3.8, 4) is 0 Å². The maximum Gasteiger partial charge on any atom is 0.139 e. The summed E-state index contributed by atoms with van der Waals surface area (Å²) in [5, 5.41) is 4.24. The molecule has 2 N–H and O–H groups in total. The molecule has 5 heteroatoms. The van der Waals surface area contributed by atoms with E-state index < -0.39 is 8.07 Å². The van der Waals surface area contributed by atoms with Crippen molar-refractivity contribution < 1.29 is 4.74 Å². The van der Waals surface area contributed by atoms with Crippen molar-refractivity contribution in [3.63, 3.8) is 0 Å². The first-order chi connectivity index (χ1) is 7.68. The van der Waals surface area contributed by atoms with Gasteiger partial charge in [-0.05, 0) is 19.9 Å². The van der Waals surface area contributed by atoms with E-state index >= 15 is 0 Å². The van der Waals surface area contributed by atoms with E-state index in [9.17, 15) is 0 Å². The van der Waals surface area contributed by atoms with Crippen molar-refractivity contribution in [1.82, 2.24) is 9.78 Å². The van der Waals surface area contributed by atoms with Gasteiger partial charge in [0.05, 0.1) is 6.20 Å². The van der Waals surface area contributed by atoms with Crippen molar-refractivity contribution in [3.05, 3.63) is 18.0 Å². The summed E-state index contributed by atoms with van der Waals surface area (Å²) in [7, 11) is -0.995. The molecule has 1 aromatic heterocycles. The largest absolute Gasteiger partial charge is 0.360 e. The van der Waals surface area contributed by atoms with Gasteiger partial charge in [-0.1, -0.05) is 19.6 Å². The quantitative estimate of drug-likeness (QED) is 0.627. The number of aromatic nitrogens is 2. The highest BCUT2D eigenvalue weighted by atomic mass is 28.3. The molecule has 0 aliphatic heterocycles. The lowest BCUT2D eigenvalue weighted by Gasteiger charge is -2.16. The number of ether oxygens (including phenoxy) is 1. The first-order valence-electron chi connectivity index (χ1n) is 6.08. The van der Waals surface area contributed by atoms with Crippen molar-refractivity contribution in [2.75, 3.05) is 6.61 Å². The maximum absolute atomic E-state index is 5.99. The van der Waals surface area contributed by atoms with Crippen LogP contribution < -0.4 is 5.73 Å². The molecule has 0 bridgehead atoms. The fourth-order valence-corrected chi connectivity index (χ4v) is 2.06.